The fraction of sp³-hybridized carbons (Fsp3) is 0.167. The first-order chi connectivity index (χ1) is 12.4. The summed E-state index contributed by atoms with van der Waals surface area (Å²) in [7, 11) is 2.44. The van der Waals surface area contributed by atoms with Crippen LogP contribution in [-0.2, 0) is 14.3 Å². The molecule has 8 heteroatoms. The predicted molar refractivity (Wildman–Crippen MR) is 97.4 cm³/mol. The van der Waals surface area contributed by atoms with E-state index < -0.39 is 17.8 Å². The number of rotatable bonds is 6. The van der Waals surface area contributed by atoms with E-state index in [1.807, 2.05) is 6.07 Å². The SMILES string of the molecule is COC(=O)c1cc(NC(=O)COc2ccccc2Br)cc(C(=O)OC)c1. The number of halogens is 1. The lowest BCUT2D eigenvalue weighted by molar-refractivity contribution is -0.118. The Bertz CT molecular complexity index is 802. The van der Waals surface area contributed by atoms with Crippen LogP contribution in [-0.4, -0.2) is 38.7 Å². The van der Waals surface area contributed by atoms with Gasteiger partial charge in [0.2, 0.25) is 0 Å². The van der Waals surface area contributed by atoms with Gasteiger partial charge in [-0.3, -0.25) is 4.79 Å². The first kappa shape index (κ1) is 19.5. The van der Waals surface area contributed by atoms with Crippen molar-refractivity contribution in [3.8, 4) is 5.75 Å². The molecule has 2 aromatic carbocycles. The van der Waals surface area contributed by atoms with Crippen LogP contribution in [0.3, 0.4) is 0 Å². The Hall–Kier alpha value is -2.87. The molecule has 2 rings (SSSR count). The van der Waals surface area contributed by atoms with Crippen molar-refractivity contribution in [1.82, 2.24) is 0 Å². The second-order valence-corrected chi connectivity index (χ2v) is 5.90. The molecule has 0 fully saturated rings. The number of carbonyl (C=O) groups is 3. The van der Waals surface area contributed by atoms with Crippen LogP contribution in [0.4, 0.5) is 5.69 Å². The second kappa shape index (κ2) is 9.00. The van der Waals surface area contributed by atoms with E-state index in [0.29, 0.717) is 10.2 Å². The van der Waals surface area contributed by atoms with Crippen LogP contribution < -0.4 is 10.1 Å². The molecular formula is C18H16BrNO6. The fourth-order valence-corrected chi connectivity index (χ4v) is 2.47. The summed E-state index contributed by atoms with van der Waals surface area (Å²) in [6.45, 7) is -0.251. The number of methoxy groups -OCH3 is 2. The summed E-state index contributed by atoms with van der Waals surface area (Å²) in [4.78, 5) is 35.6. The highest BCUT2D eigenvalue weighted by Gasteiger charge is 2.15. The molecule has 0 spiro atoms. The quantitative estimate of drug-likeness (QED) is 0.720. The highest BCUT2D eigenvalue weighted by Crippen LogP contribution is 2.23. The molecule has 0 atom stereocenters. The molecule has 7 nitrogen and oxygen atoms in total. The Balaban J connectivity index is 2.14. The van der Waals surface area contributed by atoms with Crippen molar-refractivity contribution in [1.29, 1.82) is 0 Å². The lowest BCUT2D eigenvalue weighted by Gasteiger charge is -2.11. The van der Waals surface area contributed by atoms with Gasteiger partial charge < -0.3 is 19.5 Å². The number of para-hydroxylation sites is 1. The van der Waals surface area contributed by atoms with Gasteiger partial charge in [-0.1, -0.05) is 12.1 Å². The van der Waals surface area contributed by atoms with E-state index in [-0.39, 0.29) is 23.4 Å². The molecule has 2 aromatic rings. The number of hydrogen-bond acceptors (Lipinski definition) is 6. The zero-order valence-corrected chi connectivity index (χ0v) is 15.7. The van der Waals surface area contributed by atoms with E-state index in [0.717, 1.165) is 0 Å². The number of hydrogen-bond donors (Lipinski definition) is 1. The van der Waals surface area contributed by atoms with Crippen LogP contribution in [0.15, 0.2) is 46.9 Å². The zero-order valence-electron chi connectivity index (χ0n) is 14.1. The van der Waals surface area contributed by atoms with Crippen molar-refractivity contribution in [3.63, 3.8) is 0 Å². The molecule has 0 radical (unpaired) electrons. The Labute approximate surface area is 158 Å². The largest absolute Gasteiger partial charge is 0.483 e. The normalized spacial score (nSPS) is 9.96. The molecule has 0 aliphatic heterocycles. The third-order valence-corrected chi connectivity index (χ3v) is 3.91. The van der Waals surface area contributed by atoms with Crippen molar-refractivity contribution in [2.45, 2.75) is 0 Å². The zero-order chi connectivity index (χ0) is 19.1. The summed E-state index contributed by atoms with van der Waals surface area (Å²) in [6, 6.07) is 11.2. The third kappa shape index (κ3) is 5.06. The van der Waals surface area contributed by atoms with E-state index in [2.05, 4.69) is 30.7 Å². The highest BCUT2D eigenvalue weighted by molar-refractivity contribution is 9.10. The van der Waals surface area contributed by atoms with Gasteiger partial charge in [0, 0.05) is 5.69 Å². The summed E-state index contributed by atoms with van der Waals surface area (Å²) in [5.74, 6) is -1.23. The molecule has 1 amide bonds. The molecule has 26 heavy (non-hydrogen) atoms. The Morgan fingerprint density at radius 3 is 2.08 bits per heavy atom. The molecule has 136 valence electrons. The van der Waals surface area contributed by atoms with Gasteiger partial charge in [0.15, 0.2) is 6.61 Å². The van der Waals surface area contributed by atoms with Gasteiger partial charge in [-0.25, -0.2) is 9.59 Å². The minimum atomic E-state index is -0.643. The van der Waals surface area contributed by atoms with Gasteiger partial charge in [-0.15, -0.1) is 0 Å². The number of benzene rings is 2. The molecule has 0 saturated carbocycles. The van der Waals surface area contributed by atoms with Gasteiger partial charge in [0.25, 0.3) is 5.91 Å². The van der Waals surface area contributed by atoms with Gasteiger partial charge in [-0.05, 0) is 46.3 Å². The van der Waals surface area contributed by atoms with E-state index in [1.165, 1.54) is 32.4 Å². The van der Waals surface area contributed by atoms with Gasteiger partial charge >= 0.3 is 11.9 Å². The second-order valence-electron chi connectivity index (χ2n) is 5.05. The maximum atomic E-state index is 12.1. The van der Waals surface area contributed by atoms with Crippen LogP contribution in [0.25, 0.3) is 0 Å². The molecule has 0 bridgehead atoms. The van der Waals surface area contributed by atoms with E-state index >= 15 is 0 Å². The van der Waals surface area contributed by atoms with Gasteiger partial charge in [0.05, 0.1) is 29.8 Å². The molecule has 0 aliphatic rings. The molecule has 0 saturated heterocycles. The maximum Gasteiger partial charge on any atom is 0.337 e. The average molecular weight is 422 g/mol. The standard InChI is InChI=1S/C18H16BrNO6/c1-24-17(22)11-7-12(18(23)25-2)9-13(8-11)20-16(21)10-26-15-6-4-3-5-14(15)19/h3-9H,10H2,1-2H3,(H,20,21). The van der Waals surface area contributed by atoms with Crippen molar-refractivity contribution in [2.75, 3.05) is 26.1 Å². The van der Waals surface area contributed by atoms with Crippen LogP contribution in [0.1, 0.15) is 20.7 Å². The maximum absolute atomic E-state index is 12.1. The number of ether oxygens (including phenoxy) is 3. The monoisotopic (exact) mass is 421 g/mol. The molecule has 1 N–H and O–H groups in total. The smallest absolute Gasteiger partial charge is 0.337 e. The van der Waals surface area contributed by atoms with E-state index in [4.69, 9.17) is 4.74 Å². The third-order valence-electron chi connectivity index (χ3n) is 3.25. The minimum Gasteiger partial charge on any atom is -0.483 e. The summed E-state index contributed by atoms with van der Waals surface area (Å²) >= 11 is 3.32. The summed E-state index contributed by atoms with van der Waals surface area (Å²) in [5.41, 5.74) is 0.462. The van der Waals surface area contributed by atoms with Crippen molar-refractivity contribution < 1.29 is 28.6 Å². The number of amides is 1. The number of esters is 2. The molecule has 0 aromatic heterocycles. The molecule has 0 heterocycles. The van der Waals surface area contributed by atoms with Crippen LogP contribution in [0.5, 0.6) is 5.75 Å². The first-order valence-corrected chi connectivity index (χ1v) is 8.22. The van der Waals surface area contributed by atoms with Crippen LogP contribution in [0.2, 0.25) is 0 Å². The van der Waals surface area contributed by atoms with Crippen molar-refractivity contribution in [3.05, 3.63) is 58.1 Å². The Morgan fingerprint density at radius 1 is 0.962 bits per heavy atom. The molecule has 0 aliphatic carbocycles. The summed E-state index contributed by atoms with van der Waals surface area (Å²) < 4.78 is 15.4. The number of carbonyl (C=O) groups excluding carboxylic acids is 3. The summed E-state index contributed by atoms with van der Waals surface area (Å²) in [6.07, 6.45) is 0. The molecule has 0 unspecified atom stereocenters. The van der Waals surface area contributed by atoms with Crippen molar-refractivity contribution >= 4 is 39.5 Å². The Morgan fingerprint density at radius 2 is 1.54 bits per heavy atom. The lowest BCUT2D eigenvalue weighted by atomic mass is 10.1. The number of nitrogens with one attached hydrogen (secondary N) is 1. The van der Waals surface area contributed by atoms with Crippen LogP contribution in [0, 0.1) is 0 Å². The van der Waals surface area contributed by atoms with Crippen molar-refractivity contribution in [2.24, 2.45) is 0 Å². The summed E-state index contributed by atoms with van der Waals surface area (Å²) in [5, 5.41) is 2.58. The van der Waals surface area contributed by atoms with E-state index in [1.54, 1.807) is 18.2 Å². The topological polar surface area (TPSA) is 90.9 Å². The minimum absolute atomic E-state index is 0.109. The Kier molecular flexibility index (Phi) is 6.74. The van der Waals surface area contributed by atoms with Crippen LogP contribution >= 0.6 is 15.9 Å². The first-order valence-electron chi connectivity index (χ1n) is 7.43. The lowest BCUT2D eigenvalue weighted by Crippen LogP contribution is -2.21. The van der Waals surface area contributed by atoms with E-state index in [9.17, 15) is 14.4 Å². The predicted octanol–water partition coefficient (Wildman–Crippen LogP) is 3.04. The fourth-order valence-electron chi connectivity index (χ4n) is 2.07. The molecular weight excluding hydrogens is 406 g/mol. The number of anilines is 1. The average Bonchev–Trinajstić information content (AvgIpc) is 2.65. The highest BCUT2D eigenvalue weighted by atomic mass is 79.9. The van der Waals surface area contributed by atoms with Gasteiger partial charge in [-0.2, -0.15) is 0 Å². The van der Waals surface area contributed by atoms with Gasteiger partial charge in [0.1, 0.15) is 5.75 Å².